The number of hydrogen-bond donors (Lipinski definition) is 3. The van der Waals surface area contributed by atoms with Crippen molar-refractivity contribution in [3.05, 3.63) is 76.5 Å². The van der Waals surface area contributed by atoms with Crippen molar-refractivity contribution in [1.82, 2.24) is 5.32 Å². The third kappa shape index (κ3) is 6.14. The van der Waals surface area contributed by atoms with Crippen molar-refractivity contribution >= 4 is 32.0 Å². The molecule has 5 nitrogen and oxygen atoms in total. The summed E-state index contributed by atoms with van der Waals surface area (Å²) in [5, 5.41) is 11.9. The van der Waals surface area contributed by atoms with Gasteiger partial charge >= 0.3 is 0 Å². The molecule has 0 aliphatic heterocycles. The van der Waals surface area contributed by atoms with E-state index < -0.39 is 0 Å². The third-order valence-electron chi connectivity index (χ3n) is 4.28. The van der Waals surface area contributed by atoms with Crippen molar-refractivity contribution in [2.24, 2.45) is 10.7 Å². The zero-order valence-electron chi connectivity index (χ0n) is 16.5. The molecule has 0 saturated heterocycles. The van der Waals surface area contributed by atoms with Crippen LogP contribution in [-0.4, -0.2) is 24.5 Å². The number of hydrogen-bond acceptors (Lipinski definition) is 3. The smallest absolute Gasteiger partial charge is 0.244 e. The summed E-state index contributed by atoms with van der Waals surface area (Å²) >= 11 is 0. The first-order valence-corrected chi connectivity index (χ1v) is 9.61. The fraction of sp³-hybridized carbons (Fsp3) is 0.227. The maximum atomic E-state index is 11.0. The number of nitrogens with zero attached hydrogens (tertiary/aromatic N) is 1. The van der Waals surface area contributed by atoms with Crippen LogP contribution in [0.3, 0.4) is 0 Å². The lowest BCUT2D eigenvalue weighted by molar-refractivity contribution is -0.115. The van der Waals surface area contributed by atoms with Gasteiger partial charge in [-0.25, -0.2) is 4.99 Å². The summed E-state index contributed by atoms with van der Waals surface area (Å²) in [6.07, 6.45) is 1.30. The van der Waals surface area contributed by atoms with Gasteiger partial charge in [0.25, 0.3) is 0 Å². The predicted octanol–water partition coefficient (Wildman–Crippen LogP) is 3.53. The maximum absolute atomic E-state index is 11.0. The molecule has 2 aromatic carbocycles. The molecule has 28 heavy (non-hydrogen) atoms. The second-order valence-corrected chi connectivity index (χ2v) is 7.23. The largest absolute Gasteiger partial charge is 0.387 e. The highest BCUT2D eigenvalue weighted by molar-refractivity contribution is 7.31. The van der Waals surface area contributed by atoms with Crippen LogP contribution in [0.25, 0.3) is 5.31 Å². The molecule has 0 radical (unpaired) electrons. The van der Waals surface area contributed by atoms with Crippen molar-refractivity contribution in [3.63, 3.8) is 0 Å². The number of rotatable bonds is 7. The van der Waals surface area contributed by atoms with E-state index >= 15 is 0 Å². The molecule has 0 heterocycles. The standard InChI is InChI=1S/C22H27N4OP/c1-14(23)21(25-3)22(28)19-10-8-17(9-11-19)12-16-4-6-18(7-5-16)13-20(24)26-15(2)27/h4-11,23,25H,12-13,28H2,1-3H3,(H2,24,26,27)/b22-21+,23-14?. The number of carbonyl (C=O) groups is 1. The van der Waals surface area contributed by atoms with Gasteiger partial charge in [0.15, 0.2) is 0 Å². The summed E-state index contributed by atoms with van der Waals surface area (Å²) in [4.78, 5) is 14.7. The van der Waals surface area contributed by atoms with Gasteiger partial charge in [-0.15, -0.1) is 9.24 Å². The Balaban J connectivity index is 2.08. The van der Waals surface area contributed by atoms with Crippen LogP contribution >= 0.6 is 9.24 Å². The molecule has 0 fully saturated rings. The van der Waals surface area contributed by atoms with Gasteiger partial charge in [-0.1, -0.05) is 48.5 Å². The first kappa shape index (κ1) is 21.5. The molecule has 2 rings (SSSR count). The van der Waals surface area contributed by atoms with Crippen LogP contribution in [0.1, 0.15) is 36.1 Å². The van der Waals surface area contributed by atoms with Crippen LogP contribution in [0.4, 0.5) is 0 Å². The molecule has 0 aromatic heterocycles. The lowest BCUT2D eigenvalue weighted by Crippen LogP contribution is -2.16. The molecular weight excluding hydrogens is 367 g/mol. The lowest BCUT2D eigenvalue weighted by atomic mass is 10.0. The zero-order chi connectivity index (χ0) is 20.7. The quantitative estimate of drug-likeness (QED) is 0.381. The van der Waals surface area contributed by atoms with Crippen molar-refractivity contribution in [2.75, 3.05) is 7.05 Å². The summed E-state index contributed by atoms with van der Waals surface area (Å²) in [6, 6.07) is 16.5. The van der Waals surface area contributed by atoms with Gasteiger partial charge in [0.1, 0.15) is 5.84 Å². The minimum atomic E-state index is -0.279. The van der Waals surface area contributed by atoms with E-state index in [1.807, 2.05) is 19.2 Å². The summed E-state index contributed by atoms with van der Waals surface area (Å²) in [5.41, 5.74) is 11.6. The van der Waals surface area contributed by atoms with E-state index in [0.717, 1.165) is 28.6 Å². The molecule has 1 amide bonds. The molecule has 2 aromatic rings. The Morgan fingerprint density at radius 1 is 1.04 bits per heavy atom. The highest BCUT2D eigenvalue weighted by atomic mass is 31.0. The zero-order valence-corrected chi connectivity index (χ0v) is 17.7. The van der Waals surface area contributed by atoms with Crippen LogP contribution in [0.15, 0.2) is 59.2 Å². The van der Waals surface area contributed by atoms with E-state index in [9.17, 15) is 4.79 Å². The first-order chi connectivity index (χ1) is 13.3. The van der Waals surface area contributed by atoms with Gasteiger partial charge in [-0.2, -0.15) is 0 Å². The van der Waals surface area contributed by atoms with Gasteiger partial charge in [0.05, 0.1) is 11.4 Å². The molecule has 6 heteroatoms. The number of nitrogens with one attached hydrogen (secondary N) is 2. The van der Waals surface area contributed by atoms with E-state index in [1.54, 1.807) is 6.92 Å². The van der Waals surface area contributed by atoms with Gasteiger partial charge in [0, 0.05) is 25.7 Å². The highest BCUT2D eigenvalue weighted by Gasteiger charge is 2.06. The first-order valence-electron chi connectivity index (χ1n) is 9.04. The Morgan fingerprint density at radius 3 is 2.00 bits per heavy atom. The Hall–Kier alpha value is -2.78. The molecule has 0 spiro atoms. The Labute approximate surface area is 168 Å². The van der Waals surface area contributed by atoms with E-state index in [4.69, 9.17) is 11.1 Å². The monoisotopic (exact) mass is 394 g/mol. The average molecular weight is 394 g/mol. The number of amidine groups is 1. The predicted molar refractivity (Wildman–Crippen MR) is 121 cm³/mol. The van der Waals surface area contributed by atoms with Crippen LogP contribution in [0, 0.1) is 5.41 Å². The number of benzene rings is 2. The van der Waals surface area contributed by atoms with Crippen molar-refractivity contribution in [2.45, 2.75) is 26.7 Å². The average Bonchev–Trinajstić information content (AvgIpc) is 2.63. The van der Waals surface area contributed by atoms with Gasteiger partial charge in [0.2, 0.25) is 5.91 Å². The fourth-order valence-electron chi connectivity index (χ4n) is 2.93. The number of carbonyl (C=O) groups excluding carboxylic acids is 1. The van der Waals surface area contributed by atoms with Crippen LogP contribution < -0.4 is 11.1 Å². The summed E-state index contributed by atoms with van der Waals surface area (Å²) < 4.78 is 0. The number of allylic oxidation sites excluding steroid dienone is 1. The van der Waals surface area contributed by atoms with Gasteiger partial charge in [-0.3, -0.25) is 4.79 Å². The maximum Gasteiger partial charge on any atom is 0.244 e. The minimum Gasteiger partial charge on any atom is -0.387 e. The molecular formula is C22H27N4OP. The third-order valence-corrected chi connectivity index (χ3v) is 4.90. The van der Waals surface area contributed by atoms with Crippen LogP contribution in [0.5, 0.6) is 0 Å². The fourth-order valence-corrected chi connectivity index (χ4v) is 3.49. The lowest BCUT2D eigenvalue weighted by Gasteiger charge is -2.11. The molecule has 0 aliphatic carbocycles. The van der Waals surface area contributed by atoms with Gasteiger partial charge in [-0.05, 0) is 35.6 Å². The molecule has 146 valence electrons. The van der Waals surface area contributed by atoms with Crippen LogP contribution in [-0.2, 0) is 17.6 Å². The second-order valence-electron chi connectivity index (χ2n) is 6.65. The number of nitrogens with two attached hydrogens (primary N) is 1. The number of aliphatic imine (C=N–C) groups is 1. The minimum absolute atomic E-state index is 0.279. The Morgan fingerprint density at radius 2 is 1.54 bits per heavy atom. The number of amides is 1. The van der Waals surface area contributed by atoms with Gasteiger partial charge < -0.3 is 16.5 Å². The topological polar surface area (TPSA) is 91.3 Å². The highest BCUT2D eigenvalue weighted by Crippen LogP contribution is 2.25. The van der Waals surface area contributed by atoms with Crippen molar-refractivity contribution < 1.29 is 4.79 Å². The van der Waals surface area contributed by atoms with E-state index in [0.29, 0.717) is 18.0 Å². The molecule has 0 saturated carbocycles. The normalized spacial score (nSPS) is 12.4. The second kappa shape index (κ2) is 9.95. The van der Waals surface area contributed by atoms with Crippen molar-refractivity contribution in [1.29, 1.82) is 5.41 Å². The molecule has 1 unspecified atom stereocenters. The Bertz CT molecular complexity index is 913. The van der Waals surface area contributed by atoms with E-state index in [1.165, 1.54) is 18.1 Å². The van der Waals surface area contributed by atoms with E-state index in [2.05, 4.69) is 55.9 Å². The summed E-state index contributed by atoms with van der Waals surface area (Å²) in [5.74, 6) is 0.0527. The summed E-state index contributed by atoms with van der Waals surface area (Å²) in [6.45, 7) is 3.16. The van der Waals surface area contributed by atoms with E-state index in [-0.39, 0.29) is 5.91 Å². The molecule has 0 aliphatic rings. The van der Waals surface area contributed by atoms with Crippen molar-refractivity contribution in [3.8, 4) is 0 Å². The van der Waals surface area contributed by atoms with Crippen LogP contribution in [0.2, 0.25) is 0 Å². The molecule has 1 atom stereocenters. The Kier molecular flexibility index (Phi) is 7.65. The molecule has 4 N–H and O–H groups in total. The SMILES string of the molecule is CN/C(C(C)=N)=C(/P)c1ccc(Cc2ccc(CC(N)=NC(C)=O)cc2)cc1. The molecule has 0 bridgehead atoms. The summed E-state index contributed by atoms with van der Waals surface area (Å²) in [7, 11) is 4.55.